The molecule has 0 saturated carbocycles. The number of nitrogens with one attached hydrogen (secondary N) is 2. The van der Waals surface area contributed by atoms with Crippen LogP contribution in [0.2, 0.25) is 0 Å². The second kappa shape index (κ2) is 12.1. The number of carbonyl (C=O) groups excluding carboxylic acids is 4. The third kappa shape index (κ3) is 7.26. The fraction of sp³-hybridized carbons (Fsp3) is 0.304. The number of hydrogen-bond donors (Lipinski definition) is 2. The van der Waals surface area contributed by atoms with Gasteiger partial charge >= 0.3 is 11.9 Å². The molecule has 0 fully saturated rings. The van der Waals surface area contributed by atoms with Crippen molar-refractivity contribution in [3.63, 3.8) is 0 Å². The van der Waals surface area contributed by atoms with Gasteiger partial charge in [0.1, 0.15) is 0 Å². The van der Waals surface area contributed by atoms with Crippen molar-refractivity contribution >= 4 is 23.8 Å². The van der Waals surface area contributed by atoms with Crippen molar-refractivity contribution in [2.24, 2.45) is 0 Å². The summed E-state index contributed by atoms with van der Waals surface area (Å²) in [6, 6.07) is 11.8. The fourth-order valence-corrected chi connectivity index (χ4v) is 2.44. The van der Waals surface area contributed by atoms with Gasteiger partial charge in [-0.05, 0) is 61.4 Å². The molecule has 0 saturated heterocycles. The Kier molecular flexibility index (Phi) is 9.22. The maximum Gasteiger partial charge on any atom is 0.338 e. The van der Waals surface area contributed by atoms with Crippen LogP contribution in [0.15, 0.2) is 48.5 Å². The van der Waals surface area contributed by atoms with E-state index in [1.165, 1.54) is 48.5 Å². The summed E-state index contributed by atoms with van der Waals surface area (Å²) in [4.78, 5) is 48.1. The van der Waals surface area contributed by atoms with Gasteiger partial charge in [-0.1, -0.05) is 20.3 Å². The number of benzene rings is 2. The van der Waals surface area contributed by atoms with Gasteiger partial charge in [-0.15, -0.1) is 0 Å². The summed E-state index contributed by atoms with van der Waals surface area (Å²) in [5.74, 6) is -1.99. The summed E-state index contributed by atoms with van der Waals surface area (Å²) >= 11 is 0. The first kappa shape index (κ1) is 23.6. The smallest absolute Gasteiger partial charge is 0.338 e. The highest BCUT2D eigenvalue weighted by Gasteiger charge is 2.13. The van der Waals surface area contributed by atoms with Gasteiger partial charge in [0.25, 0.3) is 11.8 Å². The maximum absolute atomic E-state index is 12.2. The fourth-order valence-electron chi connectivity index (χ4n) is 2.44. The molecule has 0 unspecified atom stereocenters. The lowest BCUT2D eigenvalue weighted by Crippen LogP contribution is -2.41. The molecule has 2 aromatic carbocycles. The lowest BCUT2D eigenvalue weighted by Gasteiger charge is -2.09. The van der Waals surface area contributed by atoms with Crippen LogP contribution >= 0.6 is 0 Å². The number of esters is 2. The molecule has 2 amide bonds. The van der Waals surface area contributed by atoms with Crippen molar-refractivity contribution < 1.29 is 28.7 Å². The molecule has 0 bridgehead atoms. The molecule has 2 rings (SSSR count). The van der Waals surface area contributed by atoms with Crippen LogP contribution in [0.1, 0.15) is 74.5 Å². The Balaban J connectivity index is 1.86. The Hall–Kier alpha value is -3.68. The monoisotopic (exact) mass is 426 g/mol. The topological polar surface area (TPSA) is 111 Å². The number of rotatable bonds is 9. The van der Waals surface area contributed by atoms with Crippen molar-refractivity contribution in [2.75, 3.05) is 13.2 Å². The molecule has 31 heavy (non-hydrogen) atoms. The normalized spacial score (nSPS) is 10.1. The number of carbonyl (C=O) groups is 4. The summed E-state index contributed by atoms with van der Waals surface area (Å²) in [5, 5.41) is 0. The predicted molar refractivity (Wildman–Crippen MR) is 114 cm³/mol. The molecular weight excluding hydrogens is 400 g/mol. The van der Waals surface area contributed by atoms with E-state index in [0.29, 0.717) is 24.3 Å². The summed E-state index contributed by atoms with van der Waals surface area (Å²) in [6.45, 7) is 4.57. The molecule has 0 aliphatic rings. The third-order valence-electron chi connectivity index (χ3n) is 4.22. The Bertz CT molecular complexity index is 907. The lowest BCUT2D eigenvalue weighted by molar-refractivity contribution is 0.0492. The van der Waals surface area contributed by atoms with Gasteiger partial charge in [-0.25, -0.2) is 9.59 Å². The Labute approximate surface area is 180 Å². The zero-order valence-corrected chi connectivity index (χ0v) is 17.6. The van der Waals surface area contributed by atoms with Gasteiger partial charge in [0, 0.05) is 11.1 Å². The minimum atomic E-state index is -0.544. The predicted octanol–water partition coefficient (Wildman–Crippen LogP) is 3.29. The average Bonchev–Trinajstić information content (AvgIpc) is 2.81. The van der Waals surface area contributed by atoms with Gasteiger partial charge in [0.2, 0.25) is 0 Å². The number of hydrogen-bond acceptors (Lipinski definition) is 6. The van der Waals surface area contributed by atoms with E-state index < -0.39 is 23.8 Å². The highest BCUT2D eigenvalue weighted by Crippen LogP contribution is 2.08. The van der Waals surface area contributed by atoms with Crippen LogP contribution in [-0.4, -0.2) is 37.0 Å². The molecule has 2 N–H and O–H groups in total. The van der Waals surface area contributed by atoms with Crippen molar-refractivity contribution in [3.05, 3.63) is 70.8 Å². The third-order valence-corrected chi connectivity index (χ3v) is 4.22. The van der Waals surface area contributed by atoms with Gasteiger partial charge in [0.05, 0.1) is 24.3 Å². The lowest BCUT2D eigenvalue weighted by atomic mass is 10.1. The minimum Gasteiger partial charge on any atom is -0.462 e. The number of unbranched alkanes of at least 4 members (excludes halogenated alkanes) is 1. The molecule has 0 heterocycles. The maximum atomic E-state index is 12.2. The van der Waals surface area contributed by atoms with Crippen LogP contribution in [0.3, 0.4) is 0 Å². The van der Waals surface area contributed by atoms with Gasteiger partial charge < -0.3 is 9.47 Å². The molecule has 0 radical (unpaired) electrons. The largest absolute Gasteiger partial charge is 0.462 e. The number of amides is 2. The second-order valence-electron chi connectivity index (χ2n) is 6.69. The molecule has 0 atom stereocenters. The zero-order valence-electron chi connectivity index (χ0n) is 17.6. The van der Waals surface area contributed by atoms with Crippen molar-refractivity contribution in [1.29, 1.82) is 0 Å². The Morgan fingerprint density at radius 3 is 1.39 bits per heavy atom. The molecule has 0 aliphatic carbocycles. The molecule has 8 heteroatoms. The Morgan fingerprint density at radius 1 is 0.613 bits per heavy atom. The van der Waals surface area contributed by atoms with E-state index in [1.807, 2.05) is 13.8 Å². The summed E-state index contributed by atoms with van der Waals surface area (Å²) in [7, 11) is 0. The van der Waals surface area contributed by atoms with E-state index in [2.05, 4.69) is 10.9 Å². The average molecular weight is 426 g/mol. The van der Waals surface area contributed by atoms with Crippen LogP contribution in [-0.2, 0) is 9.47 Å². The van der Waals surface area contributed by atoms with Crippen LogP contribution < -0.4 is 10.9 Å². The molecule has 2 aromatic rings. The molecule has 8 nitrogen and oxygen atoms in total. The summed E-state index contributed by atoms with van der Waals surface area (Å²) < 4.78 is 10.1. The molecule has 164 valence electrons. The van der Waals surface area contributed by atoms with Crippen LogP contribution in [0.4, 0.5) is 0 Å². The van der Waals surface area contributed by atoms with E-state index in [9.17, 15) is 19.2 Å². The molecule has 0 aliphatic heterocycles. The summed E-state index contributed by atoms with van der Waals surface area (Å²) in [6.07, 6.45) is 2.43. The number of hydrazine groups is 1. The second-order valence-corrected chi connectivity index (χ2v) is 6.69. The van der Waals surface area contributed by atoms with E-state index in [1.54, 1.807) is 0 Å². The van der Waals surface area contributed by atoms with E-state index >= 15 is 0 Å². The van der Waals surface area contributed by atoms with Crippen LogP contribution in [0, 0.1) is 0 Å². The first-order chi connectivity index (χ1) is 15.0. The van der Waals surface area contributed by atoms with Crippen molar-refractivity contribution in [2.45, 2.75) is 33.1 Å². The van der Waals surface area contributed by atoms with Gasteiger partial charge in [-0.2, -0.15) is 0 Å². The van der Waals surface area contributed by atoms with E-state index in [-0.39, 0.29) is 11.1 Å². The molecule has 0 aromatic heterocycles. The SMILES string of the molecule is CCCCOC(=O)c1ccc(C(=O)NNC(=O)c2ccc(C(=O)OCCC)cc2)cc1. The highest BCUT2D eigenvalue weighted by atomic mass is 16.5. The summed E-state index contributed by atoms with van der Waals surface area (Å²) in [5.41, 5.74) is 5.81. The molecule has 0 spiro atoms. The quantitative estimate of drug-likeness (QED) is 0.362. The van der Waals surface area contributed by atoms with E-state index in [0.717, 1.165) is 19.3 Å². The zero-order chi connectivity index (χ0) is 22.6. The Morgan fingerprint density at radius 2 is 1.00 bits per heavy atom. The first-order valence-corrected chi connectivity index (χ1v) is 10.1. The van der Waals surface area contributed by atoms with Crippen LogP contribution in [0.25, 0.3) is 0 Å². The highest BCUT2D eigenvalue weighted by molar-refractivity contribution is 6.00. The standard InChI is InChI=1S/C23H26N2O6/c1-3-5-15-31-23(29)19-12-8-17(9-13-19)21(27)25-24-20(26)16-6-10-18(11-7-16)22(28)30-14-4-2/h6-13H,3-5,14-15H2,1-2H3,(H,24,26)(H,25,27). The van der Waals surface area contributed by atoms with Crippen molar-refractivity contribution in [3.8, 4) is 0 Å². The molecular formula is C23H26N2O6. The first-order valence-electron chi connectivity index (χ1n) is 10.1. The minimum absolute atomic E-state index is 0.262. The van der Waals surface area contributed by atoms with Gasteiger partial charge in [-0.3, -0.25) is 20.4 Å². The number of ether oxygens (including phenoxy) is 2. The van der Waals surface area contributed by atoms with Gasteiger partial charge in [0.15, 0.2) is 0 Å². The van der Waals surface area contributed by atoms with Crippen LogP contribution in [0.5, 0.6) is 0 Å². The van der Waals surface area contributed by atoms with E-state index in [4.69, 9.17) is 9.47 Å². The van der Waals surface area contributed by atoms with Crippen molar-refractivity contribution in [1.82, 2.24) is 10.9 Å².